The summed E-state index contributed by atoms with van der Waals surface area (Å²) < 4.78 is 11.6. The average molecular weight is 267 g/mol. The first kappa shape index (κ1) is 13.6. The maximum absolute atomic E-state index is 6.17. The Hall–Kier alpha value is -0.870. The quantitative estimate of drug-likeness (QED) is 0.890. The number of benzene rings is 1. The van der Waals surface area contributed by atoms with Gasteiger partial charge in [0.1, 0.15) is 6.10 Å². The van der Waals surface area contributed by atoms with Gasteiger partial charge in [-0.05, 0) is 48.9 Å². The third kappa shape index (κ3) is 3.33. The molecular formula is C14H21NO2S. The molecule has 0 bridgehead atoms. The largest absolute Gasteiger partial charge is 0.493 e. The molecule has 4 heteroatoms. The highest BCUT2D eigenvalue weighted by molar-refractivity contribution is 7.99. The molecule has 0 aliphatic carbocycles. The van der Waals surface area contributed by atoms with E-state index in [1.54, 1.807) is 7.11 Å². The lowest BCUT2D eigenvalue weighted by atomic mass is 10.1. The predicted molar refractivity (Wildman–Crippen MR) is 76.7 cm³/mol. The van der Waals surface area contributed by atoms with Crippen molar-refractivity contribution in [1.29, 1.82) is 0 Å². The molecule has 0 spiro atoms. The van der Waals surface area contributed by atoms with Crippen molar-refractivity contribution in [2.75, 3.05) is 25.2 Å². The third-order valence-corrected chi connectivity index (χ3v) is 4.20. The van der Waals surface area contributed by atoms with E-state index >= 15 is 0 Å². The second kappa shape index (κ2) is 6.90. The first-order valence-corrected chi connectivity index (χ1v) is 7.61. The zero-order chi connectivity index (χ0) is 12.8. The van der Waals surface area contributed by atoms with Crippen LogP contribution in [0.5, 0.6) is 11.5 Å². The molecule has 3 nitrogen and oxygen atoms in total. The minimum atomic E-state index is 0.319. The van der Waals surface area contributed by atoms with Crippen LogP contribution >= 0.6 is 11.8 Å². The lowest BCUT2D eigenvalue weighted by Crippen LogP contribution is -2.23. The van der Waals surface area contributed by atoms with Crippen molar-refractivity contribution in [1.82, 2.24) is 0 Å². The van der Waals surface area contributed by atoms with E-state index in [2.05, 4.69) is 6.07 Å². The number of thioether (sulfide) groups is 1. The number of hydrogen-bond acceptors (Lipinski definition) is 4. The van der Waals surface area contributed by atoms with E-state index in [1.165, 1.54) is 11.5 Å². The van der Waals surface area contributed by atoms with Crippen molar-refractivity contribution in [3.05, 3.63) is 23.8 Å². The maximum Gasteiger partial charge on any atom is 0.164 e. The number of para-hydroxylation sites is 1. The van der Waals surface area contributed by atoms with Gasteiger partial charge in [0.15, 0.2) is 11.5 Å². The molecule has 2 N–H and O–H groups in total. The Morgan fingerprint density at radius 1 is 1.33 bits per heavy atom. The molecule has 0 aromatic heterocycles. The Morgan fingerprint density at radius 2 is 2.11 bits per heavy atom. The normalized spacial score (nSPS) is 16.6. The Morgan fingerprint density at radius 3 is 2.78 bits per heavy atom. The van der Waals surface area contributed by atoms with E-state index in [9.17, 15) is 0 Å². The van der Waals surface area contributed by atoms with Crippen molar-refractivity contribution in [2.45, 2.75) is 25.4 Å². The molecule has 1 aromatic rings. The molecule has 1 aromatic carbocycles. The molecule has 1 aliphatic heterocycles. The minimum Gasteiger partial charge on any atom is -0.493 e. The van der Waals surface area contributed by atoms with Crippen molar-refractivity contribution < 1.29 is 9.47 Å². The molecular weight excluding hydrogens is 246 g/mol. The van der Waals surface area contributed by atoms with Gasteiger partial charge < -0.3 is 15.2 Å². The van der Waals surface area contributed by atoms with Crippen LogP contribution in [0.25, 0.3) is 0 Å². The SMILES string of the molecule is COc1cccc(CCN)c1OC1CCSCC1. The van der Waals surface area contributed by atoms with Crippen LogP contribution in [0.3, 0.4) is 0 Å². The number of ether oxygens (including phenoxy) is 2. The fourth-order valence-corrected chi connectivity index (χ4v) is 3.23. The van der Waals surface area contributed by atoms with Gasteiger partial charge in [-0.15, -0.1) is 0 Å². The second-order valence-electron chi connectivity index (χ2n) is 4.42. The number of methoxy groups -OCH3 is 1. The zero-order valence-electron chi connectivity index (χ0n) is 10.9. The number of nitrogens with two attached hydrogens (primary N) is 1. The zero-order valence-corrected chi connectivity index (χ0v) is 11.7. The maximum atomic E-state index is 6.17. The van der Waals surface area contributed by atoms with E-state index < -0.39 is 0 Å². The van der Waals surface area contributed by atoms with Crippen LogP contribution in [-0.2, 0) is 6.42 Å². The van der Waals surface area contributed by atoms with Crippen molar-refractivity contribution >= 4 is 11.8 Å². The summed E-state index contributed by atoms with van der Waals surface area (Å²) in [6.07, 6.45) is 3.38. The highest BCUT2D eigenvalue weighted by atomic mass is 32.2. The molecule has 1 heterocycles. The summed E-state index contributed by atoms with van der Waals surface area (Å²) in [5, 5.41) is 0. The van der Waals surface area contributed by atoms with Crippen LogP contribution in [0.2, 0.25) is 0 Å². The number of rotatable bonds is 5. The molecule has 2 rings (SSSR count). The lowest BCUT2D eigenvalue weighted by Gasteiger charge is -2.25. The Kier molecular flexibility index (Phi) is 5.20. The second-order valence-corrected chi connectivity index (χ2v) is 5.64. The average Bonchev–Trinajstić information content (AvgIpc) is 2.42. The van der Waals surface area contributed by atoms with E-state index in [4.69, 9.17) is 15.2 Å². The van der Waals surface area contributed by atoms with E-state index in [1.807, 2.05) is 23.9 Å². The molecule has 1 aliphatic rings. The summed E-state index contributed by atoms with van der Waals surface area (Å²) in [5.41, 5.74) is 6.80. The summed E-state index contributed by atoms with van der Waals surface area (Å²) in [4.78, 5) is 0. The molecule has 1 saturated heterocycles. The van der Waals surface area contributed by atoms with Gasteiger partial charge in [0.2, 0.25) is 0 Å². The number of hydrogen-bond donors (Lipinski definition) is 1. The molecule has 0 unspecified atom stereocenters. The van der Waals surface area contributed by atoms with Gasteiger partial charge >= 0.3 is 0 Å². The fraction of sp³-hybridized carbons (Fsp3) is 0.571. The van der Waals surface area contributed by atoms with E-state index in [0.29, 0.717) is 12.6 Å². The summed E-state index contributed by atoms with van der Waals surface area (Å²) in [5.74, 6) is 4.08. The Balaban J connectivity index is 2.16. The topological polar surface area (TPSA) is 44.5 Å². The third-order valence-electron chi connectivity index (χ3n) is 3.15. The van der Waals surface area contributed by atoms with Gasteiger partial charge in [-0.2, -0.15) is 11.8 Å². The van der Waals surface area contributed by atoms with Gasteiger partial charge in [-0.25, -0.2) is 0 Å². The van der Waals surface area contributed by atoms with Crippen molar-refractivity contribution in [3.8, 4) is 11.5 Å². The highest BCUT2D eigenvalue weighted by Crippen LogP contribution is 2.34. The molecule has 0 radical (unpaired) electrons. The predicted octanol–water partition coefficient (Wildman–Crippen LogP) is 2.47. The van der Waals surface area contributed by atoms with Crippen LogP contribution in [0, 0.1) is 0 Å². The Bertz CT molecular complexity index is 378. The fourth-order valence-electron chi connectivity index (χ4n) is 2.17. The summed E-state index contributed by atoms with van der Waals surface area (Å²) in [7, 11) is 1.69. The van der Waals surface area contributed by atoms with Gasteiger partial charge in [-0.3, -0.25) is 0 Å². The first-order chi connectivity index (χ1) is 8.85. The summed E-state index contributed by atoms with van der Waals surface area (Å²) in [6, 6.07) is 6.02. The van der Waals surface area contributed by atoms with Crippen molar-refractivity contribution in [2.24, 2.45) is 5.73 Å². The van der Waals surface area contributed by atoms with Crippen LogP contribution in [0.1, 0.15) is 18.4 Å². The Labute approximate surface area is 113 Å². The first-order valence-electron chi connectivity index (χ1n) is 6.45. The van der Waals surface area contributed by atoms with Gasteiger partial charge in [0, 0.05) is 0 Å². The molecule has 0 atom stereocenters. The smallest absolute Gasteiger partial charge is 0.164 e. The van der Waals surface area contributed by atoms with E-state index in [-0.39, 0.29) is 0 Å². The van der Waals surface area contributed by atoms with Crippen LogP contribution in [-0.4, -0.2) is 31.3 Å². The highest BCUT2D eigenvalue weighted by Gasteiger charge is 2.19. The molecule has 18 heavy (non-hydrogen) atoms. The summed E-state index contributed by atoms with van der Waals surface area (Å²) in [6.45, 7) is 0.629. The molecule has 1 fully saturated rings. The van der Waals surface area contributed by atoms with Crippen LogP contribution < -0.4 is 15.2 Å². The minimum absolute atomic E-state index is 0.319. The molecule has 0 saturated carbocycles. The molecule has 0 amide bonds. The standard InChI is InChI=1S/C14H21NO2S/c1-16-13-4-2-3-11(5-8-15)14(13)17-12-6-9-18-10-7-12/h2-4,12H,5-10,15H2,1H3. The van der Waals surface area contributed by atoms with E-state index in [0.717, 1.165) is 36.3 Å². The van der Waals surface area contributed by atoms with Gasteiger partial charge in [-0.1, -0.05) is 12.1 Å². The van der Waals surface area contributed by atoms with Crippen molar-refractivity contribution in [3.63, 3.8) is 0 Å². The van der Waals surface area contributed by atoms with Crippen LogP contribution in [0.4, 0.5) is 0 Å². The lowest BCUT2D eigenvalue weighted by molar-refractivity contribution is 0.182. The molecule has 100 valence electrons. The monoisotopic (exact) mass is 267 g/mol. The van der Waals surface area contributed by atoms with Gasteiger partial charge in [0.05, 0.1) is 7.11 Å². The van der Waals surface area contributed by atoms with Crippen LogP contribution in [0.15, 0.2) is 18.2 Å². The summed E-state index contributed by atoms with van der Waals surface area (Å²) >= 11 is 2.00. The van der Waals surface area contributed by atoms with Gasteiger partial charge in [0.25, 0.3) is 0 Å².